The third kappa shape index (κ3) is 1.39. The second-order valence-electron chi connectivity index (χ2n) is 1.47. The monoisotopic (exact) mass is 175 g/mol. The lowest BCUT2D eigenvalue weighted by Gasteiger charge is -1.89. The van der Waals surface area contributed by atoms with Crippen LogP contribution < -0.4 is 11.1 Å². The Kier molecular flexibility index (Phi) is 2.13. The van der Waals surface area contributed by atoms with Crippen molar-refractivity contribution in [2.75, 3.05) is 11.1 Å². The van der Waals surface area contributed by atoms with Gasteiger partial charge < -0.3 is 11.1 Å². The Morgan fingerprint density at radius 1 is 1.80 bits per heavy atom. The highest BCUT2D eigenvalue weighted by molar-refractivity contribution is 7.82. The number of thiazole rings is 1. The van der Waals surface area contributed by atoms with Gasteiger partial charge in [0.15, 0.2) is 10.2 Å². The number of carbonyl (C=O) groups excluding carboxylic acids is 1. The van der Waals surface area contributed by atoms with Crippen molar-refractivity contribution in [3.8, 4) is 0 Å². The molecule has 0 aliphatic carbocycles. The second kappa shape index (κ2) is 2.89. The number of carbonyl (C=O) groups is 1. The molecule has 0 aliphatic heterocycles. The Bertz CT molecular complexity index is 247. The van der Waals surface area contributed by atoms with Gasteiger partial charge in [0.05, 0.1) is 0 Å². The third-order valence-electron chi connectivity index (χ3n) is 0.838. The van der Waals surface area contributed by atoms with E-state index < -0.39 is 0 Å². The molecule has 1 aromatic rings. The Balaban J connectivity index is 2.91. The zero-order valence-corrected chi connectivity index (χ0v) is 6.58. The molecule has 0 saturated heterocycles. The number of hydrogen-bond donors (Lipinski definition) is 3. The normalized spacial score (nSPS) is 9.30. The van der Waals surface area contributed by atoms with Crippen LogP contribution in [-0.2, 0) is 4.79 Å². The molecule has 0 aromatic carbocycles. The summed E-state index contributed by atoms with van der Waals surface area (Å²) in [7, 11) is 0. The van der Waals surface area contributed by atoms with Gasteiger partial charge in [-0.2, -0.15) is 0 Å². The first kappa shape index (κ1) is 7.36. The van der Waals surface area contributed by atoms with Crippen molar-refractivity contribution in [1.29, 1.82) is 0 Å². The first-order chi connectivity index (χ1) is 4.74. The van der Waals surface area contributed by atoms with Crippen LogP contribution in [0.4, 0.5) is 10.8 Å². The Hall–Kier alpha value is -0.750. The maximum absolute atomic E-state index is 9.91. The molecule has 54 valence electrons. The van der Waals surface area contributed by atoms with E-state index in [0.29, 0.717) is 21.6 Å². The molecule has 1 rings (SSSR count). The number of nitrogens with one attached hydrogen (secondary N) is 1. The van der Waals surface area contributed by atoms with E-state index in [1.165, 1.54) is 11.3 Å². The molecule has 3 N–H and O–H groups in total. The molecule has 10 heavy (non-hydrogen) atoms. The first-order valence-corrected chi connectivity index (χ1v) is 3.66. The topological polar surface area (TPSA) is 68.0 Å². The fourth-order valence-electron chi connectivity index (χ4n) is 0.479. The van der Waals surface area contributed by atoms with Crippen LogP contribution in [0.2, 0.25) is 0 Å². The summed E-state index contributed by atoms with van der Waals surface area (Å²) in [5.41, 5.74) is 5.41. The quantitative estimate of drug-likeness (QED) is 0.455. The highest BCUT2D eigenvalue weighted by Gasteiger charge is 2.03. The SMILES string of the molecule is Nc1sc(S)nc1NC=O. The van der Waals surface area contributed by atoms with Crippen LogP contribution in [0.3, 0.4) is 0 Å². The van der Waals surface area contributed by atoms with E-state index in [9.17, 15) is 4.79 Å². The van der Waals surface area contributed by atoms with Crippen molar-refractivity contribution in [2.24, 2.45) is 0 Å². The molecule has 1 amide bonds. The number of aromatic nitrogens is 1. The maximum atomic E-state index is 9.91. The van der Waals surface area contributed by atoms with E-state index in [0.717, 1.165) is 0 Å². The number of nitrogen functional groups attached to an aromatic ring is 1. The van der Waals surface area contributed by atoms with Crippen LogP contribution >= 0.6 is 24.0 Å². The third-order valence-corrected chi connectivity index (χ3v) is 1.90. The number of rotatable bonds is 2. The average Bonchev–Trinajstić information content (AvgIpc) is 2.13. The minimum absolute atomic E-state index is 0.380. The lowest BCUT2D eigenvalue weighted by Crippen LogP contribution is -1.96. The van der Waals surface area contributed by atoms with Crippen molar-refractivity contribution in [2.45, 2.75) is 4.34 Å². The molecule has 0 saturated carbocycles. The van der Waals surface area contributed by atoms with E-state index in [1.54, 1.807) is 0 Å². The molecule has 0 fully saturated rings. The second-order valence-corrected chi connectivity index (χ2v) is 3.23. The fraction of sp³-hybridized carbons (Fsp3) is 0. The van der Waals surface area contributed by atoms with Gasteiger partial charge in [-0.05, 0) is 0 Å². The van der Waals surface area contributed by atoms with Crippen LogP contribution in [-0.4, -0.2) is 11.4 Å². The number of nitrogens with zero attached hydrogens (tertiary/aromatic N) is 1. The minimum atomic E-state index is 0.380. The summed E-state index contributed by atoms with van der Waals surface area (Å²) in [6, 6.07) is 0. The smallest absolute Gasteiger partial charge is 0.212 e. The van der Waals surface area contributed by atoms with E-state index in [2.05, 4.69) is 22.9 Å². The number of amides is 1. The number of anilines is 2. The van der Waals surface area contributed by atoms with Crippen LogP contribution in [0, 0.1) is 0 Å². The van der Waals surface area contributed by atoms with E-state index in [-0.39, 0.29) is 0 Å². The summed E-state index contributed by atoms with van der Waals surface area (Å²) in [5, 5.41) is 2.81. The van der Waals surface area contributed by atoms with Crippen molar-refractivity contribution in [3.05, 3.63) is 0 Å². The zero-order chi connectivity index (χ0) is 7.56. The zero-order valence-electron chi connectivity index (χ0n) is 4.87. The van der Waals surface area contributed by atoms with Gasteiger partial charge in [0.2, 0.25) is 6.41 Å². The molecule has 0 aliphatic rings. The summed E-state index contributed by atoms with van der Waals surface area (Å²) >= 11 is 5.16. The van der Waals surface area contributed by atoms with Gasteiger partial charge in [-0.1, -0.05) is 11.3 Å². The largest absolute Gasteiger partial charge is 0.387 e. The van der Waals surface area contributed by atoms with Crippen LogP contribution in [0.15, 0.2) is 4.34 Å². The molecular formula is C4H5N3OS2. The average molecular weight is 175 g/mol. The summed E-state index contributed by atoms with van der Waals surface area (Å²) in [4.78, 5) is 13.7. The predicted molar refractivity (Wildman–Crippen MR) is 43.5 cm³/mol. The molecule has 4 nitrogen and oxygen atoms in total. The Morgan fingerprint density at radius 3 is 2.90 bits per heavy atom. The van der Waals surface area contributed by atoms with Gasteiger partial charge in [-0.3, -0.25) is 4.79 Å². The van der Waals surface area contributed by atoms with Gasteiger partial charge in [0.25, 0.3) is 0 Å². The summed E-state index contributed by atoms with van der Waals surface area (Å²) in [6.07, 6.45) is 0.526. The molecule has 6 heteroatoms. The van der Waals surface area contributed by atoms with Gasteiger partial charge in [0, 0.05) is 0 Å². The predicted octanol–water partition coefficient (Wildman–Crippen LogP) is 0.582. The van der Waals surface area contributed by atoms with E-state index in [4.69, 9.17) is 5.73 Å². The standard InChI is InChI=1S/C4H5N3OS2/c5-2-3(6-1-8)7-4(9)10-2/h1H,5H2,(H,6,8)(H,7,9). The van der Waals surface area contributed by atoms with Crippen LogP contribution in [0.5, 0.6) is 0 Å². The lowest BCUT2D eigenvalue weighted by atomic mass is 10.7. The van der Waals surface area contributed by atoms with E-state index >= 15 is 0 Å². The van der Waals surface area contributed by atoms with Gasteiger partial charge in [-0.25, -0.2) is 4.98 Å². The molecule has 1 aromatic heterocycles. The summed E-state index contributed by atoms with van der Waals surface area (Å²) in [5.74, 6) is 0.380. The summed E-state index contributed by atoms with van der Waals surface area (Å²) < 4.78 is 0.543. The Morgan fingerprint density at radius 2 is 2.50 bits per heavy atom. The first-order valence-electron chi connectivity index (χ1n) is 2.39. The number of hydrogen-bond acceptors (Lipinski definition) is 5. The highest BCUT2D eigenvalue weighted by atomic mass is 32.2. The van der Waals surface area contributed by atoms with Crippen LogP contribution in [0.25, 0.3) is 0 Å². The number of nitrogens with two attached hydrogens (primary N) is 1. The molecule has 0 unspecified atom stereocenters. The lowest BCUT2D eigenvalue weighted by molar-refractivity contribution is -0.105. The Labute approximate surface area is 66.9 Å². The van der Waals surface area contributed by atoms with E-state index in [1.807, 2.05) is 0 Å². The van der Waals surface area contributed by atoms with Gasteiger partial charge in [0.1, 0.15) is 5.00 Å². The van der Waals surface area contributed by atoms with Crippen molar-refractivity contribution in [3.63, 3.8) is 0 Å². The van der Waals surface area contributed by atoms with Gasteiger partial charge in [-0.15, -0.1) is 12.6 Å². The number of thiol groups is 1. The molecule has 0 atom stereocenters. The minimum Gasteiger partial charge on any atom is -0.387 e. The van der Waals surface area contributed by atoms with Crippen LogP contribution in [0.1, 0.15) is 0 Å². The fourth-order valence-corrected chi connectivity index (χ4v) is 1.41. The maximum Gasteiger partial charge on any atom is 0.212 e. The molecule has 0 spiro atoms. The van der Waals surface area contributed by atoms with Crippen molar-refractivity contribution >= 4 is 41.2 Å². The highest BCUT2D eigenvalue weighted by Crippen LogP contribution is 2.26. The van der Waals surface area contributed by atoms with Crippen molar-refractivity contribution in [1.82, 2.24) is 4.98 Å². The molecule has 0 bridgehead atoms. The van der Waals surface area contributed by atoms with Crippen molar-refractivity contribution < 1.29 is 4.79 Å². The molecule has 1 heterocycles. The summed E-state index contributed by atoms with van der Waals surface area (Å²) in [6.45, 7) is 0. The van der Waals surface area contributed by atoms with Gasteiger partial charge >= 0.3 is 0 Å². The molecular weight excluding hydrogens is 170 g/mol. The molecule has 0 radical (unpaired) electrons.